The Morgan fingerprint density at radius 2 is 1.48 bits per heavy atom. The molecule has 0 spiro atoms. The molecule has 0 bridgehead atoms. The number of halogens is 2. The molecule has 4 aromatic carbocycles. The predicted octanol–water partition coefficient (Wildman–Crippen LogP) is 4.58. The summed E-state index contributed by atoms with van der Waals surface area (Å²) in [5.74, 6) is -2.08. The summed E-state index contributed by atoms with van der Waals surface area (Å²) in [7, 11) is -2.28. The molecule has 0 aliphatic rings. The molecule has 4 aromatic rings. The third-order valence-electron chi connectivity index (χ3n) is 7.62. The van der Waals surface area contributed by atoms with Gasteiger partial charge in [-0.05, 0) is 77.9 Å². The van der Waals surface area contributed by atoms with Crippen molar-refractivity contribution in [1.82, 2.24) is 14.9 Å². The zero-order chi connectivity index (χ0) is 35.1. The summed E-state index contributed by atoms with van der Waals surface area (Å²) in [6.07, 6.45) is 0.308. The number of hydrogen-bond acceptors (Lipinski definition) is 6. The Morgan fingerprint density at radius 3 is 2.10 bits per heavy atom. The van der Waals surface area contributed by atoms with Gasteiger partial charge in [-0.2, -0.15) is 0 Å². The monoisotopic (exact) mass is 681 g/mol. The zero-order valence-corrected chi connectivity index (χ0v) is 27.7. The Hall–Kier alpha value is -4.49. The van der Waals surface area contributed by atoms with E-state index < -0.39 is 39.7 Å². The van der Waals surface area contributed by atoms with Gasteiger partial charge in [-0.1, -0.05) is 61.5 Å². The lowest BCUT2D eigenvalue weighted by Gasteiger charge is -2.25. The van der Waals surface area contributed by atoms with E-state index in [2.05, 4.69) is 23.6 Å². The van der Waals surface area contributed by atoms with E-state index in [4.69, 9.17) is 9.90 Å². The van der Waals surface area contributed by atoms with Gasteiger partial charge in [0.1, 0.15) is 11.6 Å². The third-order valence-corrected chi connectivity index (χ3v) is 9.50. The number of sulfonamides is 1. The lowest BCUT2D eigenvalue weighted by Crippen LogP contribution is -2.48. The molecule has 0 saturated heterocycles. The molecule has 9 nitrogen and oxygen atoms in total. The summed E-state index contributed by atoms with van der Waals surface area (Å²) in [5.41, 5.74) is 3.69. The minimum absolute atomic E-state index is 0.0345. The summed E-state index contributed by atoms with van der Waals surface area (Å²) < 4.78 is 55.4. The van der Waals surface area contributed by atoms with Crippen LogP contribution in [0, 0.1) is 11.6 Å². The van der Waals surface area contributed by atoms with Crippen molar-refractivity contribution in [3.63, 3.8) is 0 Å². The van der Waals surface area contributed by atoms with E-state index in [0.29, 0.717) is 13.0 Å². The van der Waals surface area contributed by atoms with Gasteiger partial charge < -0.3 is 20.8 Å². The van der Waals surface area contributed by atoms with Gasteiger partial charge in [-0.25, -0.2) is 21.5 Å². The van der Waals surface area contributed by atoms with Gasteiger partial charge >= 0.3 is 0 Å². The van der Waals surface area contributed by atoms with Crippen LogP contribution in [0.5, 0.6) is 0 Å². The lowest BCUT2D eigenvalue weighted by molar-refractivity contribution is -0.122. The van der Waals surface area contributed by atoms with Crippen molar-refractivity contribution in [2.75, 3.05) is 20.1 Å². The summed E-state index contributed by atoms with van der Waals surface area (Å²) in [4.78, 5) is 21.7. The van der Waals surface area contributed by atoms with E-state index in [0.717, 1.165) is 35.7 Å². The number of aliphatic hydroxyl groups excluding tert-OH is 1. The summed E-state index contributed by atoms with van der Waals surface area (Å²) in [6, 6.07) is 25.3. The molecule has 4 N–H and O–H groups in total. The molecule has 4 rings (SSSR count). The quantitative estimate of drug-likeness (QED) is 0.135. The molecule has 0 unspecified atom stereocenters. The molecule has 48 heavy (non-hydrogen) atoms. The fraction of sp³-hybridized carbons (Fsp3) is 0.278. The molecule has 12 heteroatoms. The van der Waals surface area contributed by atoms with Crippen LogP contribution in [0.2, 0.25) is 0 Å². The molecule has 0 fully saturated rings. The highest BCUT2D eigenvalue weighted by Gasteiger charge is 2.25. The molecule has 2 atom stereocenters. The average Bonchev–Trinajstić information content (AvgIpc) is 3.07. The van der Waals surface area contributed by atoms with Crippen LogP contribution in [0.15, 0.2) is 102 Å². The van der Waals surface area contributed by atoms with Crippen molar-refractivity contribution in [2.45, 2.75) is 49.8 Å². The van der Waals surface area contributed by atoms with E-state index in [-0.39, 0.29) is 42.0 Å². The minimum Gasteiger partial charge on any atom is -0.483 e. The highest BCUT2D eigenvalue weighted by atomic mass is 32.2. The first-order chi connectivity index (χ1) is 23.0. The van der Waals surface area contributed by atoms with Crippen LogP contribution in [0.3, 0.4) is 0 Å². The molecule has 0 heterocycles. The number of aliphatic hydroxyl groups is 1. The topological polar surface area (TPSA) is 136 Å². The number of carboxylic acid groups (broad SMARTS) is 1. The molecule has 0 aromatic heterocycles. The second kappa shape index (κ2) is 18.7. The third kappa shape index (κ3) is 11.6. The molecular formula is C36H41F2N3O6S. The van der Waals surface area contributed by atoms with Crippen LogP contribution in [0.4, 0.5) is 8.78 Å². The number of rotatable bonds is 15. The zero-order valence-electron chi connectivity index (χ0n) is 26.9. The number of amides is 1. The van der Waals surface area contributed by atoms with Crippen molar-refractivity contribution in [3.8, 4) is 0 Å². The van der Waals surface area contributed by atoms with Crippen LogP contribution < -0.4 is 10.6 Å². The maximum atomic E-state index is 13.9. The first-order valence-corrected chi connectivity index (χ1v) is 16.8. The van der Waals surface area contributed by atoms with Gasteiger partial charge in [0.25, 0.3) is 12.4 Å². The van der Waals surface area contributed by atoms with Crippen LogP contribution in [-0.4, -0.2) is 67.6 Å². The Balaban J connectivity index is 0.00000201. The number of nitrogens with zero attached hydrogens (tertiary/aromatic N) is 1. The number of benzene rings is 4. The second-order valence-electron chi connectivity index (χ2n) is 11.1. The van der Waals surface area contributed by atoms with Crippen molar-refractivity contribution in [2.24, 2.45) is 0 Å². The molecule has 1 amide bonds. The first kappa shape index (κ1) is 38.0. The molecule has 0 saturated carbocycles. The van der Waals surface area contributed by atoms with Crippen LogP contribution in [-0.2, 0) is 40.6 Å². The fourth-order valence-electron chi connectivity index (χ4n) is 4.99. The van der Waals surface area contributed by atoms with Crippen LogP contribution >= 0.6 is 0 Å². The predicted molar refractivity (Wildman–Crippen MR) is 180 cm³/mol. The van der Waals surface area contributed by atoms with Crippen molar-refractivity contribution >= 4 is 22.4 Å². The molecule has 0 aliphatic carbocycles. The Morgan fingerprint density at radius 1 is 0.875 bits per heavy atom. The number of likely N-dealkylation sites (N-methyl/N-ethyl adjacent to an activating group) is 1. The normalized spacial score (nSPS) is 12.5. The summed E-state index contributed by atoms with van der Waals surface area (Å²) in [6.45, 7) is 2.69. The lowest BCUT2D eigenvalue weighted by atomic mass is 10.00. The van der Waals surface area contributed by atoms with E-state index >= 15 is 0 Å². The fourth-order valence-corrected chi connectivity index (χ4v) is 6.17. The standard InChI is InChI=1S/C35H39F2N3O4S.CH2O2/c1-3-25-10-7-11-27(18-25)23-38-24-34(41)33(21-28-19-30(36)22-31(37)20-28)39-35(42)29-12-14-32(15-13-29)45(43,44)40(2)17-16-26-8-5-4-6-9-26;2-1-3/h4-15,18-20,22,33-34,38,41H,3,16-17,21,23-24H2,1-2H3,(H,39,42);1H,(H,2,3)/t33-,34+;/m0./s1. The van der Waals surface area contributed by atoms with Gasteiger partial charge in [0, 0.05) is 38.3 Å². The van der Waals surface area contributed by atoms with Crippen molar-refractivity contribution < 1.29 is 37.0 Å². The molecule has 0 radical (unpaired) electrons. The average molecular weight is 682 g/mol. The largest absolute Gasteiger partial charge is 0.483 e. The Kier molecular flexibility index (Phi) is 14.8. The number of nitrogens with one attached hydrogen (secondary N) is 2. The van der Waals surface area contributed by atoms with E-state index in [1.54, 1.807) is 0 Å². The number of aryl methyl sites for hydroxylation is 1. The van der Waals surface area contributed by atoms with Crippen molar-refractivity contribution in [3.05, 3.63) is 137 Å². The minimum atomic E-state index is -3.79. The van der Waals surface area contributed by atoms with E-state index in [1.165, 1.54) is 41.2 Å². The van der Waals surface area contributed by atoms with Gasteiger partial charge in [-0.15, -0.1) is 0 Å². The SMILES string of the molecule is CCc1cccc(CNC[C@@H](O)[C@H](Cc2cc(F)cc(F)c2)NC(=O)c2ccc(S(=O)(=O)N(C)CCc3ccccc3)cc2)c1.O=CO. The highest BCUT2D eigenvalue weighted by Crippen LogP contribution is 2.17. The van der Waals surface area contributed by atoms with E-state index in [9.17, 15) is 27.1 Å². The van der Waals surface area contributed by atoms with Crippen molar-refractivity contribution in [1.29, 1.82) is 0 Å². The Bertz CT molecular complexity index is 1700. The summed E-state index contributed by atoms with van der Waals surface area (Å²) in [5, 5.41) is 23.9. The van der Waals surface area contributed by atoms with Crippen LogP contribution in [0.25, 0.3) is 0 Å². The number of carbonyl (C=O) groups excluding carboxylic acids is 1. The van der Waals surface area contributed by atoms with Gasteiger partial charge in [0.15, 0.2) is 0 Å². The highest BCUT2D eigenvalue weighted by molar-refractivity contribution is 7.89. The number of carbonyl (C=O) groups is 2. The Labute approximate surface area is 280 Å². The van der Waals surface area contributed by atoms with E-state index in [1.807, 2.05) is 48.5 Å². The molecule has 256 valence electrons. The van der Waals surface area contributed by atoms with Gasteiger partial charge in [-0.3, -0.25) is 9.59 Å². The van der Waals surface area contributed by atoms with Crippen LogP contribution in [0.1, 0.15) is 39.5 Å². The molecular weight excluding hydrogens is 640 g/mol. The van der Waals surface area contributed by atoms with Gasteiger partial charge in [0.2, 0.25) is 10.0 Å². The molecule has 0 aliphatic heterocycles. The maximum Gasteiger partial charge on any atom is 0.290 e. The summed E-state index contributed by atoms with van der Waals surface area (Å²) >= 11 is 0. The maximum absolute atomic E-state index is 13.9. The number of hydrogen-bond donors (Lipinski definition) is 4. The second-order valence-corrected chi connectivity index (χ2v) is 13.2. The smallest absolute Gasteiger partial charge is 0.290 e. The first-order valence-electron chi connectivity index (χ1n) is 15.4. The van der Waals surface area contributed by atoms with Gasteiger partial charge in [0.05, 0.1) is 17.0 Å².